The molecule has 3 N–H and O–H groups in total. The van der Waals surface area contributed by atoms with E-state index in [1.54, 1.807) is 0 Å². The predicted octanol–water partition coefficient (Wildman–Crippen LogP) is -1.12. The number of halogens is 1. The van der Waals surface area contributed by atoms with Crippen molar-refractivity contribution in [1.29, 1.82) is 0 Å². The largest absolute Gasteiger partial charge is 0.394 e. The summed E-state index contributed by atoms with van der Waals surface area (Å²) in [5, 5.41) is 27.9. The van der Waals surface area contributed by atoms with Gasteiger partial charge >= 0.3 is 0 Å². The van der Waals surface area contributed by atoms with E-state index in [-0.39, 0.29) is 10.5 Å². The zero-order chi connectivity index (χ0) is 10.0. The Kier molecular flexibility index (Phi) is 4.33. The van der Waals surface area contributed by atoms with Crippen LogP contribution in [0.4, 0.5) is 0 Å². The first-order chi connectivity index (χ1) is 6.11. The van der Waals surface area contributed by atoms with Gasteiger partial charge in [-0.25, -0.2) is 0 Å². The summed E-state index contributed by atoms with van der Waals surface area (Å²) < 4.78 is 9.67. The van der Waals surface area contributed by atoms with Gasteiger partial charge in [-0.05, 0) is 0 Å². The lowest BCUT2D eigenvalue weighted by Crippen LogP contribution is -2.56. The van der Waals surface area contributed by atoms with Crippen LogP contribution in [0.15, 0.2) is 0 Å². The summed E-state index contributed by atoms with van der Waals surface area (Å²) in [5.74, 6) is 0. The summed E-state index contributed by atoms with van der Waals surface area (Å²) in [6.45, 7) is -0.197. The lowest BCUT2D eigenvalue weighted by atomic mass is 10.0. The average Bonchev–Trinajstić information content (AvgIpc) is 2.15. The molecule has 1 unspecified atom stereocenters. The fourth-order valence-corrected chi connectivity index (χ4v) is 2.06. The van der Waals surface area contributed by atoms with Crippen molar-refractivity contribution in [2.24, 2.45) is 0 Å². The summed E-state index contributed by atoms with van der Waals surface area (Å²) in [6.07, 6.45) is -3.35. The Balaban J connectivity index is 2.66. The van der Waals surface area contributed by atoms with Gasteiger partial charge < -0.3 is 24.8 Å². The molecule has 0 bridgehead atoms. The minimum atomic E-state index is -1.06. The topological polar surface area (TPSA) is 79.2 Å². The van der Waals surface area contributed by atoms with Gasteiger partial charge in [0, 0.05) is 7.11 Å². The molecule has 1 heterocycles. The van der Waals surface area contributed by atoms with E-state index < -0.39 is 24.6 Å². The Hall–Kier alpha value is 0.530. The molecule has 0 amide bonds. The number of aliphatic hydroxyl groups excluding tert-OH is 3. The molecule has 6 heteroatoms. The minimum absolute atomic E-state index is 0.197. The minimum Gasteiger partial charge on any atom is -0.394 e. The summed E-state index contributed by atoms with van der Waals surface area (Å²) >= 11 is 1.94. The highest BCUT2D eigenvalue weighted by molar-refractivity contribution is 14.1. The van der Waals surface area contributed by atoms with E-state index in [1.165, 1.54) is 7.11 Å². The zero-order valence-electron chi connectivity index (χ0n) is 7.13. The van der Waals surface area contributed by atoms with Crippen molar-refractivity contribution < 1.29 is 24.8 Å². The predicted molar refractivity (Wildman–Crippen MR) is 52.6 cm³/mol. The molecule has 0 aromatic rings. The third kappa shape index (κ3) is 2.31. The van der Waals surface area contributed by atoms with Crippen LogP contribution in [0, 0.1) is 0 Å². The first kappa shape index (κ1) is 11.6. The molecular weight excluding hydrogens is 288 g/mol. The van der Waals surface area contributed by atoms with Gasteiger partial charge in [0.05, 0.1) is 22.7 Å². The van der Waals surface area contributed by atoms with Gasteiger partial charge in [0.1, 0.15) is 6.10 Å². The zero-order valence-corrected chi connectivity index (χ0v) is 9.29. The van der Waals surface area contributed by atoms with Crippen LogP contribution in [-0.4, -0.2) is 57.6 Å². The number of rotatable bonds is 2. The van der Waals surface area contributed by atoms with Gasteiger partial charge in [0.15, 0.2) is 6.29 Å². The number of aliphatic hydroxyl groups is 3. The molecule has 1 aliphatic rings. The van der Waals surface area contributed by atoms with E-state index in [4.69, 9.17) is 14.6 Å². The maximum absolute atomic E-state index is 9.52. The summed E-state index contributed by atoms with van der Waals surface area (Å²) in [5.41, 5.74) is 0. The second-order valence-electron chi connectivity index (χ2n) is 2.89. The lowest BCUT2D eigenvalue weighted by Gasteiger charge is -2.39. The molecule has 0 aromatic carbocycles. The Labute approximate surface area is 89.8 Å². The molecule has 0 aromatic heterocycles. The standard InChI is InChI=1S/C7H13IO5/c1-12-7-6(11)5(10)4(8)3(2-9)13-7/h3-7,9-11H,2H2,1H3/t3-,4-,5+,6+,7?/m1/s1/i8-3. The normalized spacial score (nSPS) is 46.4. The molecule has 0 saturated carbocycles. The van der Waals surface area contributed by atoms with Gasteiger partial charge in [-0.15, -0.1) is 0 Å². The summed E-state index contributed by atoms with van der Waals surface area (Å²) in [6, 6.07) is 0. The van der Waals surface area contributed by atoms with Crippen LogP contribution in [0.1, 0.15) is 0 Å². The Morgan fingerprint density at radius 2 is 2.00 bits per heavy atom. The molecule has 1 rings (SSSR count). The van der Waals surface area contributed by atoms with E-state index in [9.17, 15) is 10.2 Å². The van der Waals surface area contributed by atoms with Crippen molar-refractivity contribution in [2.75, 3.05) is 13.7 Å². The highest BCUT2D eigenvalue weighted by atomic mass is 124. The number of alkyl halides is 1. The van der Waals surface area contributed by atoms with E-state index in [0.717, 1.165) is 0 Å². The first-order valence-electron chi connectivity index (χ1n) is 3.91. The Morgan fingerprint density at radius 3 is 2.46 bits per heavy atom. The fraction of sp³-hybridized carbons (Fsp3) is 1.00. The molecular formula is C7H13IO5. The molecule has 5 atom stereocenters. The van der Waals surface area contributed by atoms with Gasteiger partial charge in [-0.2, -0.15) is 0 Å². The molecule has 0 aliphatic carbocycles. The summed E-state index contributed by atoms with van der Waals surface area (Å²) in [7, 11) is 1.38. The van der Waals surface area contributed by atoms with Crippen molar-refractivity contribution in [3.05, 3.63) is 0 Å². The number of ether oxygens (including phenoxy) is 2. The van der Waals surface area contributed by atoms with Gasteiger partial charge in [0.2, 0.25) is 0 Å². The smallest absolute Gasteiger partial charge is 0.186 e. The third-order valence-corrected chi connectivity index (χ3v) is 3.57. The van der Waals surface area contributed by atoms with E-state index >= 15 is 0 Å². The average molecular weight is 301 g/mol. The second-order valence-corrected chi connectivity index (χ2v) is 4.33. The third-order valence-electron chi connectivity index (χ3n) is 2.03. The Bertz CT molecular complexity index is 147. The van der Waals surface area contributed by atoms with Crippen LogP contribution < -0.4 is 0 Å². The number of hydrogen-bond acceptors (Lipinski definition) is 5. The van der Waals surface area contributed by atoms with Gasteiger partial charge in [-0.1, -0.05) is 22.6 Å². The van der Waals surface area contributed by atoms with Crippen molar-refractivity contribution >= 4 is 22.6 Å². The molecule has 78 valence electrons. The monoisotopic (exact) mass is 301 g/mol. The highest BCUT2D eigenvalue weighted by Gasteiger charge is 2.42. The van der Waals surface area contributed by atoms with Crippen LogP contribution in [0.5, 0.6) is 0 Å². The highest BCUT2D eigenvalue weighted by Crippen LogP contribution is 2.26. The van der Waals surface area contributed by atoms with E-state index in [0.29, 0.717) is 0 Å². The van der Waals surface area contributed by atoms with Gasteiger partial charge in [-0.3, -0.25) is 0 Å². The summed E-state index contributed by atoms with van der Waals surface area (Å²) in [4.78, 5) is 0. The van der Waals surface area contributed by atoms with Crippen LogP contribution in [0.2, 0.25) is 0 Å². The fourth-order valence-electron chi connectivity index (χ4n) is 1.24. The van der Waals surface area contributed by atoms with Crippen molar-refractivity contribution in [3.63, 3.8) is 0 Å². The molecule has 1 fully saturated rings. The molecule has 13 heavy (non-hydrogen) atoms. The van der Waals surface area contributed by atoms with Gasteiger partial charge in [0.25, 0.3) is 0 Å². The first-order valence-corrected chi connectivity index (χ1v) is 5.15. The molecule has 5 nitrogen and oxygen atoms in total. The molecule has 0 radical (unpaired) electrons. The maximum atomic E-state index is 9.52. The van der Waals surface area contributed by atoms with Crippen molar-refractivity contribution in [1.82, 2.24) is 0 Å². The van der Waals surface area contributed by atoms with Crippen LogP contribution in [0.25, 0.3) is 0 Å². The quantitative estimate of drug-likeness (QED) is 0.445. The van der Waals surface area contributed by atoms with Crippen LogP contribution in [0.3, 0.4) is 0 Å². The van der Waals surface area contributed by atoms with E-state index in [1.807, 2.05) is 22.6 Å². The Morgan fingerprint density at radius 1 is 1.38 bits per heavy atom. The number of methoxy groups -OCH3 is 1. The van der Waals surface area contributed by atoms with Crippen LogP contribution >= 0.6 is 22.6 Å². The molecule has 1 aliphatic heterocycles. The molecule has 0 spiro atoms. The van der Waals surface area contributed by atoms with Crippen LogP contribution in [-0.2, 0) is 9.47 Å². The molecule has 1 saturated heterocycles. The number of hydrogen-bond donors (Lipinski definition) is 3. The maximum Gasteiger partial charge on any atom is 0.186 e. The van der Waals surface area contributed by atoms with Crippen molar-refractivity contribution in [3.8, 4) is 0 Å². The lowest BCUT2D eigenvalue weighted by molar-refractivity contribution is -0.257. The SMILES string of the molecule is COC1O[C@H](CO)[C@@H]([124I])[C@H](O)[C@@H]1O. The van der Waals surface area contributed by atoms with Crippen molar-refractivity contribution in [2.45, 2.75) is 28.5 Å². The second kappa shape index (κ2) is 4.85. The van der Waals surface area contributed by atoms with E-state index in [2.05, 4.69) is 0 Å².